The minimum absolute atomic E-state index is 0.110. The van der Waals surface area contributed by atoms with Gasteiger partial charge in [0.15, 0.2) is 0 Å². The zero-order valence-electron chi connectivity index (χ0n) is 23.7. The molecule has 4 N–H and O–H groups in total. The molecule has 0 aliphatic carbocycles. The number of benzene rings is 2. The van der Waals surface area contributed by atoms with Gasteiger partial charge in [-0.15, -0.1) is 0 Å². The van der Waals surface area contributed by atoms with E-state index < -0.39 is 5.92 Å². The first-order chi connectivity index (χ1) is 18.6. The summed E-state index contributed by atoms with van der Waals surface area (Å²) in [4.78, 5) is 0. The van der Waals surface area contributed by atoms with Gasteiger partial charge in [0, 0.05) is 17.1 Å². The molecule has 0 radical (unpaired) electrons. The first-order valence-electron chi connectivity index (χ1n) is 13.4. The van der Waals surface area contributed by atoms with E-state index in [4.69, 9.17) is 0 Å². The van der Waals surface area contributed by atoms with E-state index >= 15 is 0 Å². The van der Waals surface area contributed by atoms with Crippen LogP contribution >= 0.6 is 0 Å². The van der Waals surface area contributed by atoms with Crippen molar-refractivity contribution in [2.75, 3.05) is 0 Å². The van der Waals surface area contributed by atoms with Crippen LogP contribution in [0.25, 0.3) is 11.1 Å². The largest absolute Gasteiger partial charge is 0.512 e. The zero-order valence-corrected chi connectivity index (χ0v) is 23.7. The van der Waals surface area contributed by atoms with E-state index in [1.807, 2.05) is 54.6 Å². The van der Waals surface area contributed by atoms with Crippen LogP contribution in [0, 0.1) is 5.92 Å². The third kappa shape index (κ3) is 8.96. The van der Waals surface area contributed by atoms with Crippen LogP contribution in [0.5, 0.6) is 11.5 Å². The fourth-order valence-electron chi connectivity index (χ4n) is 4.25. The number of hydrogen-bond acceptors (Lipinski definition) is 4. The van der Waals surface area contributed by atoms with Crippen LogP contribution in [-0.4, -0.2) is 20.4 Å². The van der Waals surface area contributed by atoms with Crippen LogP contribution in [0.4, 0.5) is 0 Å². The van der Waals surface area contributed by atoms with Gasteiger partial charge >= 0.3 is 0 Å². The second-order valence-electron chi connectivity index (χ2n) is 9.70. The molecule has 0 heterocycles. The molecule has 0 bridgehead atoms. The molecule has 4 nitrogen and oxygen atoms in total. The number of rotatable bonds is 12. The van der Waals surface area contributed by atoms with E-state index in [0.717, 1.165) is 28.7 Å². The number of aliphatic hydroxyl groups excluding tert-OH is 2. The van der Waals surface area contributed by atoms with Crippen molar-refractivity contribution in [1.82, 2.24) is 0 Å². The standard InChI is InChI=1S/C35H42O4/c1-7-10-13-27(12-8-2)35(32(25(6)36)22-28(24(4)5)14-11-15-30(37)9-3)33-23-29(18-21-34(33)39)26-16-19-31(38)20-17-26/h8-13,15-24,35-39H,2,7,14H2,1,3-6H3/b13-10-,15-11-,27-12+,28-22-,30-9+,32-25-. The minimum atomic E-state index is -0.491. The maximum absolute atomic E-state index is 11.2. The Kier molecular flexibility index (Phi) is 12.2. The van der Waals surface area contributed by atoms with Gasteiger partial charge in [0.25, 0.3) is 0 Å². The highest BCUT2D eigenvalue weighted by Crippen LogP contribution is 2.42. The number of phenols is 2. The molecule has 0 aliphatic heterocycles. The van der Waals surface area contributed by atoms with Crippen LogP contribution < -0.4 is 0 Å². The molecule has 0 aliphatic rings. The van der Waals surface area contributed by atoms with Crippen molar-refractivity contribution in [2.24, 2.45) is 5.92 Å². The molecule has 39 heavy (non-hydrogen) atoms. The van der Waals surface area contributed by atoms with Gasteiger partial charge in [0.05, 0.1) is 5.76 Å². The van der Waals surface area contributed by atoms with Gasteiger partial charge in [-0.2, -0.15) is 0 Å². The van der Waals surface area contributed by atoms with Crippen molar-refractivity contribution in [3.05, 3.63) is 131 Å². The predicted octanol–water partition coefficient (Wildman–Crippen LogP) is 9.75. The lowest BCUT2D eigenvalue weighted by Crippen LogP contribution is -2.09. The molecular weight excluding hydrogens is 484 g/mol. The Bertz CT molecular complexity index is 1290. The molecule has 0 aromatic heterocycles. The average molecular weight is 527 g/mol. The molecule has 2 rings (SSSR count). The van der Waals surface area contributed by atoms with E-state index in [0.29, 0.717) is 17.6 Å². The Hall–Kier alpha value is -4.18. The van der Waals surface area contributed by atoms with Crippen LogP contribution in [0.1, 0.15) is 58.9 Å². The molecule has 206 valence electrons. The van der Waals surface area contributed by atoms with Crippen molar-refractivity contribution in [1.29, 1.82) is 0 Å². The molecule has 0 spiro atoms. The summed E-state index contributed by atoms with van der Waals surface area (Å²) in [6.07, 6.45) is 16.3. The third-order valence-corrected chi connectivity index (χ3v) is 6.48. The number of hydrogen-bond donors (Lipinski definition) is 4. The first kappa shape index (κ1) is 31.0. The summed E-state index contributed by atoms with van der Waals surface area (Å²) >= 11 is 0. The summed E-state index contributed by atoms with van der Waals surface area (Å²) in [5.41, 5.74) is 5.00. The summed E-state index contributed by atoms with van der Waals surface area (Å²) < 4.78 is 0. The third-order valence-electron chi connectivity index (χ3n) is 6.48. The van der Waals surface area contributed by atoms with Crippen molar-refractivity contribution < 1.29 is 20.4 Å². The van der Waals surface area contributed by atoms with Gasteiger partial charge < -0.3 is 20.4 Å². The molecule has 0 saturated heterocycles. The van der Waals surface area contributed by atoms with Gasteiger partial charge in [0.2, 0.25) is 0 Å². The van der Waals surface area contributed by atoms with Crippen molar-refractivity contribution in [3.63, 3.8) is 0 Å². The lowest BCUT2D eigenvalue weighted by Gasteiger charge is -2.25. The van der Waals surface area contributed by atoms with E-state index in [1.54, 1.807) is 50.3 Å². The normalized spacial score (nSPS) is 14.8. The minimum Gasteiger partial charge on any atom is -0.512 e. The Labute approximate surface area is 233 Å². The monoisotopic (exact) mass is 526 g/mol. The average Bonchev–Trinajstić information content (AvgIpc) is 2.91. The Morgan fingerprint density at radius 2 is 1.62 bits per heavy atom. The highest BCUT2D eigenvalue weighted by molar-refractivity contribution is 5.68. The molecule has 4 heteroatoms. The molecular formula is C35H42O4. The summed E-state index contributed by atoms with van der Waals surface area (Å²) in [6.45, 7) is 13.6. The Morgan fingerprint density at radius 3 is 2.18 bits per heavy atom. The van der Waals surface area contributed by atoms with Crippen LogP contribution in [0.2, 0.25) is 0 Å². The topological polar surface area (TPSA) is 80.9 Å². The molecule has 0 fully saturated rings. The second kappa shape index (κ2) is 15.3. The van der Waals surface area contributed by atoms with Crippen molar-refractivity contribution in [3.8, 4) is 22.6 Å². The number of aliphatic hydroxyl groups is 2. The number of phenolic OH excluding ortho intramolecular Hbond substituents is 2. The fraction of sp³-hybridized carbons (Fsp3) is 0.257. The predicted molar refractivity (Wildman–Crippen MR) is 164 cm³/mol. The van der Waals surface area contributed by atoms with Gasteiger partial charge in [-0.1, -0.05) is 87.6 Å². The van der Waals surface area contributed by atoms with Gasteiger partial charge in [0.1, 0.15) is 17.3 Å². The summed E-state index contributed by atoms with van der Waals surface area (Å²) in [7, 11) is 0. The first-order valence-corrected chi connectivity index (χ1v) is 13.4. The fourth-order valence-corrected chi connectivity index (χ4v) is 4.25. The van der Waals surface area contributed by atoms with Crippen LogP contribution in [0.15, 0.2) is 126 Å². The molecule has 0 saturated carbocycles. The van der Waals surface area contributed by atoms with Crippen molar-refractivity contribution >= 4 is 0 Å². The number of allylic oxidation sites excluding steroid dienone is 12. The quantitative estimate of drug-likeness (QED) is 0.164. The molecule has 0 amide bonds. The van der Waals surface area contributed by atoms with E-state index in [2.05, 4.69) is 27.4 Å². The zero-order chi connectivity index (χ0) is 28.9. The summed E-state index contributed by atoms with van der Waals surface area (Å²) in [5.74, 6) is 0.316. The maximum atomic E-state index is 11.2. The van der Waals surface area contributed by atoms with Crippen molar-refractivity contribution in [2.45, 2.75) is 53.4 Å². The van der Waals surface area contributed by atoms with Gasteiger partial charge in [-0.3, -0.25) is 0 Å². The highest BCUT2D eigenvalue weighted by Gasteiger charge is 2.25. The van der Waals surface area contributed by atoms with Gasteiger partial charge in [-0.25, -0.2) is 0 Å². The smallest absolute Gasteiger partial charge is 0.119 e. The number of aromatic hydroxyl groups is 2. The summed E-state index contributed by atoms with van der Waals surface area (Å²) in [6, 6.07) is 12.4. The van der Waals surface area contributed by atoms with E-state index in [9.17, 15) is 20.4 Å². The second-order valence-corrected chi connectivity index (χ2v) is 9.70. The Morgan fingerprint density at radius 1 is 0.949 bits per heavy atom. The Balaban J connectivity index is 2.82. The maximum Gasteiger partial charge on any atom is 0.119 e. The lowest BCUT2D eigenvalue weighted by atomic mass is 9.80. The van der Waals surface area contributed by atoms with Crippen LogP contribution in [0.3, 0.4) is 0 Å². The molecule has 2 aromatic rings. The van der Waals surface area contributed by atoms with E-state index in [1.165, 1.54) is 0 Å². The van der Waals surface area contributed by atoms with Gasteiger partial charge in [-0.05, 0) is 85.7 Å². The molecule has 2 aromatic carbocycles. The summed E-state index contributed by atoms with van der Waals surface area (Å²) in [5, 5.41) is 41.8. The molecule has 1 atom stereocenters. The SMILES string of the molecule is C=C/C=C(\C=C/CC)C(C(/C=C(/C/C=C\C(O)=C/C)C(C)C)=C(/C)O)c1cc(-c2ccc(O)cc2)ccc1O. The van der Waals surface area contributed by atoms with E-state index in [-0.39, 0.29) is 28.9 Å². The lowest BCUT2D eigenvalue weighted by molar-refractivity contribution is 0.404. The highest BCUT2D eigenvalue weighted by atomic mass is 16.3. The molecule has 1 unspecified atom stereocenters. The van der Waals surface area contributed by atoms with Crippen LogP contribution in [-0.2, 0) is 0 Å².